The van der Waals surface area contributed by atoms with Gasteiger partial charge in [-0.25, -0.2) is 0 Å². The summed E-state index contributed by atoms with van der Waals surface area (Å²) in [6.07, 6.45) is 0.619. The third-order valence-electron chi connectivity index (χ3n) is 2.33. The van der Waals surface area contributed by atoms with Crippen LogP contribution in [-0.2, 0) is 16.0 Å². The topological polar surface area (TPSA) is 69.6 Å². The van der Waals surface area contributed by atoms with Gasteiger partial charge < -0.3 is 15.3 Å². The van der Waals surface area contributed by atoms with Crippen LogP contribution in [0.4, 0.5) is 5.69 Å². The van der Waals surface area contributed by atoms with Gasteiger partial charge in [0, 0.05) is 12.1 Å². The maximum atomic E-state index is 11.5. The molecule has 1 aromatic rings. The van der Waals surface area contributed by atoms with E-state index < -0.39 is 5.97 Å². The first kappa shape index (κ1) is 14.2. The van der Waals surface area contributed by atoms with Gasteiger partial charge >= 0.3 is 5.97 Å². The molecule has 5 nitrogen and oxygen atoms in total. The lowest BCUT2D eigenvalue weighted by Crippen LogP contribution is -2.27. The minimum absolute atomic E-state index is 0.0710. The first-order valence-electron chi connectivity index (χ1n) is 5.72. The van der Waals surface area contributed by atoms with E-state index in [0.717, 1.165) is 11.3 Å². The summed E-state index contributed by atoms with van der Waals surface area (Å²) in [5.74, 6) is -0.878. The summed E-state index contributed by atoms with van der Waals surface area (Å²) in [6.45, 7) is 0.334. The number of hydrogen-bond donors (Lipinski definition) is 2. The van der Waals surface area contributed by atoms with E-state index in [4.69, 9.17) is 5.11 Å². The number of carboxylic acids is 1. The van der Waals surface area contributed by atoms with Gasteiger partial charge in [-0.3, -0.25) is 9.59 Å². The van der Waals surface area contributed by atoms with Crippen LogP contribution in [0.25, 0.3) is 0 Å². The Hall–Kier alpha value is -1.88. The van der Waals surface area contributed by atoms with Gasteiger partial charge in [-0.2, -0.15) is 0 Å². The lowest BCUT2D eigenvalue weighted by atomic mass is 10.1. The molecule has 0 aromatic heterocycles. The zero-order valence-electron chi connectivity index (χ0n) is 10.6. The molecule has 18 heavy (non-hydrogen) atoms. The van der Waals surface area contributed by atoms with Gasteiger partial charge in [-0.15, -0.1) is 0 Å². The summed E-state index contributed by atoms with van der Waals surface area (Å²) in [4.78, 5) is 23.7. The Bertz CT molecular complexity index is 413. The van der Waals surface area contributed by atoms with E-state index in [-0.39, 0.29) is 12.3 Å². The van der Waals surface area contributed by atoms with Crippen molar-refractivity contribution in [1.29, 1.82) is 0 Å². The number of nitrogens with zero attached hydrogens (tertiary/aromatic N) is 1. The molecule has 0 unspecified atom stereocenters. The highest BCUT2D eigenvalue weighted by Gasteiger charge is 2.04. The standard InChI is InChI=1S/C13H18N2O3/c1-15(2)9-12(16)14-11-6-3-10(4-7-11)5-8-13(17)18/h3-4,6-7H,5,8-9H2,1-2H3,(H,14,16)(H,17,18). The Labute approximate surface area is 106 Å². The van der Waals surface area contributed by atoms with Crippen molar-refractivity contribution in [2.45, 2.75) is 12.8 Å². The smallest absolute Gasteiger partial charge is 0.303 e. The number of rotatable bonds is 6. The molecule has 0 saturated heterocycles. The molecule has 0 saturated carbocycles. The van der Waals surface area contributed by atoms with Gasteiger partial charge in [0.05, 0.1) is 6.54 Å². The third kappa shape index (κ3) is 5.45. The summed E-state index contributed by atoms with van der Waals surface area (Å²) in [6, 6.07) is 7.22. The van der Waals surface area contributed by atoms with Crippen LogP contribution in [-0.4, -0.2) is 42.5 Å². The Kier molecular flexibility index (Phi) is 5.32. The Balaban J connectivity index is 2.49. The molecule has 1 amide bonds. The number of carbonyl (C=O) groups is 2. The van der Waals surface area contributed by atoms with Crippen LogP contribution in [0, 0.1) is 0 Å². The second-order valence-electron chi connectivity index (χ2n) is 4.38. The number of aliphatic carboxylic acids is 1. The van der Waals surface area contributed by atoms with Crippen molar-refractivity contribution < 1.29 is 14.7 Å². The number of nitrogens with one attached hydrogen (secondary N) is 1. The summed E-state index contributed by atoms with van der Waals surface area (Å²) < 4.78 is 0. The van der Waals surface area contributed by atoms with Crippen molar-refractivity contribution in [3.05, 3.63) is 29.8 Å². The van der Waals surface area contributed by atoms with Gasteiger partial charge in [0.1, 0.15) is 0 Å². The summed E-state index contributed by atoms with van der Waals surface area (Å²) in [5, 5.41) is 11.3. The first-order chi connectivity index (χ1) is 8.47. The molecule has 0 aliphatic carbocycles. The van der Waals surface area contributed by atoms with Gasteiger partial charge in [0.25, 0.3) is 0 Å². The minimum atomic E-state index is -0.807. The van der Waals surface area contributed by atoms with Crippen molar-refractivity contribution in [1.82, 2.24) is 4.90 Å². The van der Waals surface area contributed by atoms with Crippen LogP contribution in [0.15, 0.2) is 24.3 Å². The van der Waals surface area contributed by atoms with Crippen molar-refractivity contribution in [3.63, 3.8) is 0 Å². The number of aryl methyl sites for hydroxylation is 1. The molecule has 0 radical (unpaired) electrons. The van der Waals surface area contributed by atoms with E-state index in [1.807, 2.05) is 26.2 Å². The fraction of sp³-hybridized carbons (Fsp3) is 0.385. The summed E-state index contributed by atoms with van der Waals surface area (Å²) in [7, 11) is 3.66. The maximum absolute atomic E-state index is 11.5. The average molecular weight is 250 g/mol. The monoisotopic (exact) mass is 250 g/mol. The lowest BCUT2D eigenvalue weighted by molar-refractivity contribution is -0.137. The molecule has 1 aromatic carbocycles. The van der Waals surface area contributed by atoms with Gasteiger partial charge in [0.15, 0.2) is 0 Å². The highest BCUT2D eigenvalue weighted by atomic mass is 16.4. The zero-order chi connectivity index (χ0) is 13.5. The van der Waals surface area contributed by atoms with Crippen molar-refractivity contribution in [2.75, 3.05) is 26.0 Å². The molecule has 0 fully saturated rings. The first-order valence-corrected chi connectivity index (χ1v) is 5.72. The fourth-order valence-corrected chi connectivity index (χ4v) is 1.49. The number of anilines is 1. The molecular formula is C13H18N2O3. The van der Waals surface area contributed by atoms with E-state index in [9.17, 15) is 9.59 Å². The van der Waals surface area contributed by atoms with E-state index in [0.29, 0.717) is 13.0 Å². The lowest BCUT2D eigenvalue weighted by Gasteiger charge is -2.10. The van der Waals surface area contributed by atoms with Crippen molar-refractivity contribution >= 4 is 17.6 Å². The molecule has 2 N–H and O–H groups in total. The normalized spacial score (nSPS) is 10.4. The number of carboxylic acid groups (broad SMARTS) is 1. The van der Waals surface area contributed by atoms with Crippen LogP contribution in [0.3, 0.4) is 0 Å². The average Bonchev–Trinajstić information content (AvgIpc) is 2.26. The van der Waals surface area contributed by atoms with Crippen LogP contribution in [0.5, 0.6) is 0 Å². The number of hydrogen-bond acceptors (Lipinski definition) is 3. The second-order valence-corrected chi connectivity index (χ2v) is 4.38. The number of carbonyl (C=O) groups excluding carboxylic acids is 1. The number of amides is 1. The van der Waals surface area contributed by atoms with Crippen molar-refractivity contribution in [3.8, 4) is 0 Å². The SMILES string of the molecule is CN(C)CC(=O)Nc1ccc(CCC(=O)O)cc1. The van der Waals surface area contributed by atoms with Crippen LogP contribution in [0.1, 0.15) is 12.0 Å². The third-order valence-corrected chi connectivity index (χ3v) is 2.33. The fourth-order valence-electron chi connectivity index (χ4n) is 1.49. The Morgan fingerprint density at radius 2 is 1.83 bits per heavy atom. The molecular weight excluding hydrogens is 232 g/mol. The molecule has 0 aliphatic rings. The number of likely N-dealkylation sites (N-methyl/N-ethyl adjacent to an activating group) is 1. The Morgan fingerprint density at radius 3 is 2.33 bits per heavy atom. The van der Waals surface area contributed by atoms with E-state index in [1.165, 1.54) is 0 Å². The molecule has 0 bridgehead atoms. The maximum Gasteiger partial charge on any atom is 0.303 e. The highest BCUT2D eigenvalue weighted by molar-refractivity contribution is 5.92. The molecule has 1 rings (SSSR count). The molecule has 0 atom stereocenters. The molecule has 0 heterocycles. The van der Waals surface area contributed by atoms with Crippen LogP contribution < -0.4 is 5.32 Å². The highest BCUT2D eigenvalue weighted by Crippen LogP contribution is 2.11. The number of benzene rings is 1. The van der Waals surface area contributed by atoms with Gasteiger partial charge in [0.2, 0.25) is 5.91 Å². The van der Waals surface area contributed by atoms with E-state index in [1.54, 1.807) is 17.0 Å². The van der Waals surface area contributed by atoms with Crippen molar-refractivity contribution in [2.24, 2.45) is 0 Å². The summed E-state index contributed by atoms with van der Waals surface area (Å²) >= 11 is 0. The summed E-state index contributed by atoms with van der Waals surface area (Å²) in [5.41, 5.74) is 1.67. The van der Waals surface area contributed by atoms with E-state index in [2.05, 4.69) is 5.32 Å². The molecule has 0 spiro atoms. The van der Waals surface area contributed by atoms with E-state index >= 15 is 0 Å². The van der Waals surface area contributed by atoms with Gasteiger partial charge in [-0.1, -0.05) is 12.1 Å². The largest absolute Gasteiger partial charge is 0.481 e. The Morgan fingerprint density at radius 1 is 1.22 bits per heavy atom. The minimum Gasteiger partial charge on any atom is -0.481 e. The van der Waals surface area contributed by atoms with Gasteiger partial charge in [-0.05, 0) is 38.2 Å². The predicted octanol–water partition coefficient (Wildman–Crippen LogP) is 1.20. The zero-order valence-corrected chi connectivity index (χ0v) is 10.6. The predicted molar refractivity (Wildman–Crippen MR) is 69.6 cm³/mol. The molecule has 0 aliphatic heterocycles. The van der Waals surface area contributed by atoms with Crippen LogP contribution in [0.2, 0.25) is 0 Å². The second kappa shape index (κ2) is 6.76. The van der Waals surface area contributed by atoms with Crippen LogP contribution >= 0.6 is 0 Å². The molecule has 98 valence electrons. The molecule has 5 heteroatoms. The quantitative estimate of drug-likeness (QED) is 0.796.